The molecule has 0 bridgehead atoms. The number of amides is 1. The molecule has 0 fully saturated rings. The normalized spacial score (nSPS) is 13.3. The Morgan fingerprint density at radius 1 is 1.22 bits per heavy atom. The molecule has 3 rings (SSSR count). The molecule has 27 heavy (non-hydrogen) atoms. The second kappa shape index (κ2) is 8.77. The lowest BCUT2D eigenvalue weighted by Crippen LogP contribution is -2.38. The zero-order valence-electron chi connectivity index (χ0n) is 15.3. The molecule has 3 N–H and O–H groups in total. The average Bonchev–Trinajstić information content (AvgIpc) is 3.31. The van der Waals surface area contributed by atoms with Gasteiger partial charge in [-0.1, -0.05) is 42.1 Å². The van der Waals surface area contributed by atoms with Gasteiger partial charge in [-0.3, -0.25) is 4.79 Å². The maximum absolute atomic E-state index is 12.5. The Bertz CT molecular complexity index is 864. The number of nitrogens with one attached hydrogen (secondary N) is 1. The van der Waals surface area contributed by atoms with Crippen LogP contribution in [-0.2, 0) is 11.2 Å². The van der Waals surface area contributed by atoms with E-state index in [0.717, 1.165) is 12.8 Å². The minimum absolute atomic E-state index is 0.0527. The molecule has 0 radical (unpaired) electrons. The number of benzene rings is 1. The Hall–Kier alpha value is -2.74. The summed E-state index contributed by atoms with van der Waals surface area (Å²) in [5, 5.41) is 11.3. The van der Waals surface area contributed by atoms with Gasteiger partial charge < -0.3 is 15.6 Å². The number of thioether (sulfide) groups is 1. The van der Waals surface area contributed by atoms with Crippen molar-refractivity contribution in [3.8, 4) is 11.6 Å². The van der Waals surface area contributed by atoms with Gasteiger partial charge in [-0.25, -0.2) is 4.68 Å². The van der Waals surface area contributed by atoms with Crippen molar-refractivity contribution in [2.24, 2.45) is 0 Å². The summed E-state index contributed by atoms with van der Waals surface area (Å²) in [4.78, 5) is 12.5. The number of aromatic nitrogens is 3. The summed E-state index contributed by atoms with van der Waals surface area (Å²) in [6, 6.07) is 13.8. The van der Waals surface area contributed by atoms with E-state index in [1.807, 2.05) is 32.0 Å². The van der Waals surface area contributed by atoms with Gasteiger partial charge in [0.05, 0.1) is 11.5 Å². The molecular formula is C19H23N5O2S. The van der Waals surface area contributed by atoms with Crippen LogP contribution in [0.3, 0.4) is 0 Å². The Labute approximate surface area is 162 Å². The van der Waals surface area contributed by atoms with E-state index >= 15 is 0 Å². The molecule has 2 atom stereocenters. The second-order valence-electron chi connectivity index (χ2n) is 6.35. The number of hydrogen-bond donors (Lipinski definition) is 2. The van der Waals surface area contributed by atoms with Gasteiger partial charge in [0.2, 0.25) is 16.9 Å². The van der Waals surface area contributed by atoms with Crippen LogP contribution in [0.5, 0.6) is 0 Å². The fourth-order valence-electron chi connectivity index (χ4n) is 2.60. The van der Waals surface area contributed by atoms with E-state index in [1.165, 1.54) is 22.0 Å². The van der Waals surface area contributed by atoms with Crippen LogP contribution in [0.4, 0.5) is 0 Å². The monoisotopic (exact) mass is 385 g/mol. The van der Waals surface area contributed by atoms with Crippen LogP contribution in [0.1, 0.15) is 25.8 Å². The smallest absolute Gasteiger partial charge is 0.233 e. The first-order valence-corrected chi connectivity index (χ1v) is 9.68. The number of nitrogen functional groups attached to an aromatic ring is 1. The van der Waals surface area contributed by atoms with Crippen molar-refractivity contribution in [3.05, 3.63) is 54.3 Å². The van der Waals surface area contributed by atoms with Crippen LogP contribution in [-0.4, -0.2) is 32.1 Å². The van der Waals surface area contributed by atoms with Gasteiger partial charge in [-0.2, -0.15) is 0 Å². The van der Waals surface area contributed by atoms with Crippen molar-refractivity contribution in [2.75, 3.05) is 5.84 Å². The summed E-state index contributed by atoms with van der Waals surface area (Å²) >= 11 is 1.26. The first-order valence-electron chi connectivity index (χ1n) is 8.80. The summed E-state index contributed by atoms with van der Waals surface area (Å²) in [5.41, 5.74) is 1.27. The molecule has 0 aliphatic heterocycles. The fourth-order valence-corrected chi connectivity index (χ4v) is 3.38. The quantitative estimate of drug-likeness (QED) is 0.457. The third kappa shape index (κ3) is 4.91. The molecule has 0 saturated heterocycles. The molecule has 1 amide bonds. The first-order chi connectivity index (χ1) is 13.0. The summed E-state index contributed by atoms with van der Waals surface area (Å²) in [7, 11) is 0. The Balaban J connectivity index is 1.52. The minimum atomic E-state index is -0.347. The van der Waals surface area contributed by atoms with Crippen molar-refractivity contribution in [3.63, 3.8) is 0 Å². The summed E-state index contributed by atoms with van der Waals surface area (Å²) in [5.74, 6) is 6.94. The van der Waals surface area contributed by atoms with Crippen LogP contribution in [0, 0.1) is 0 Å². The molecule has 1 aromatic carbocycles. The lowest BCUT2D eigenvalue weighted by Gasteiger charge is -2.17. The summed E-state index contributed by atoms with van der Waals surface area (Å²) in [6.07, 6.45) is 3.35. The molecule has 3 aromatic rings. The van der Waals surface area contributed by atoms with E-state index in [-0.39, 0.29) is 17.2 Å². The molecule has 8 heteroatoms. The van der Waals surface area contributed by atoms with Gasteiger partial charge in [0.15, 0.2) is 5.76 Å². The topological polar surface area (TPSA) is 99.0 Å². The van der Waals surface area contributed by atoms with Crippen molar-refractivity contribution >= 4 is 17.7 Å². The Morgan fingerprint density at radius 2 is 2.00 bits per heavy atom. The molecule has 0 unspecified atom stereocenters. The van der Waals surface area contributed by atoms with E-state index in [1.54, 1.807) is 18.4 Å². The summed E-state index contributed by atoms with van der Waals surface area (Å²) < 4.78 is 6.63. The lowest BCUT2D eigenvalue weighted by molar-refractivity contribution is -0.120. The van der Waals surface area contributed by atoms with Gasteiger partial charge in [0.25, 0.3) is 0 Å². The number of aryl methyl sites for hydroxylation is 1. The minimum Gasteiger partial charge on any atom is -0.461 e. The van der Waals surface area contributed by atoms with Gasteiger partial charge in [-0.05, 0) is 44.4 Å². The maximum Gasteiger partial charge on any atom is 0.233 e. The van der Waals surface area contributed by atoms with Crippen molar-refractivity contribution in [1.29, 1.82) is 0 Å². The number of hydrogen-bond acceptors (Lipinski definition) is 6. The lowest BCUT2D eigenvalue weighted by atomic mass is 10.1. The van der Waals surface area contributed by atoms with Crippen molar-refractivity contribution < 1.29 is 9.21 Å². The molecule has 2 heterocycles. The predicted octanol–water partition coefficient (Wildman–Crippen LogP) is 2.87. The largest absolute Gasteiger partial charge is 0.461 e. The number of nitrogens with two attached hydrogens (primary N) is 1. The van der Waals surface area contributed by atoms with E-state index in [9.17, 15) is 4.79 Å². The van der Waals surface area contributed by atoms with Gasteiger partial charge in [-0.15, -0.1) is 10.2 Å². The van der Waals surface area contributed by atoms with Crippen LogP contribution in [0.15, 0.2) is 58.3 Å². The fraction of sp³-hybridized carbons (Fsp3) is 0.316. The van der Waals surface area contributed by atoms with Crippen molar-refractivity contribution in [1.82, 2.24) is 20.2 Å². The second-order valence-corrected chi connectivity index (χ2v) is 7.66. The number of furan rings is 1. The zero-order valence-corrected chi connectivity index (χ0v) is 16.1. The van der Waals surface area contributed by atoms with Crippen LogP contribution in [0.25, 0.3) is 11.6 Å². The molecule has 142 valence electrons. The first kappa shape index (κ1) is 19.0. The number of carbonyl (C=O) groups is 1. The van der Waals surface area contributed by atoms with Crippen molar-refractivity contribution in [2.45, 2.75) is 43.1 Å². The molecule has 2 aromatic heterocycles. The zero-order chi connectivity index (χ0) is 19.2. The standard InChI is InChI=1S/C19H23N5O2S/c1-13(10-11-15-7-4-3-5-8-15)21-18(25)14(2)27-19-23-22-17(24(19)20)16-9-6-12-26-16/h3-9,12-14H,10-11,20H2,1-2H3,(H,21,25)/t13-,14+/m0/s1. The molecular weight excluding hydrogens is 362 g/mol. The van der Waals surface area contributed by atoms with Crippen LogP contribution < -0.4 is 11.2 Å². The molecule has 0 spiro atoms. The maximum atomic E-state index is 12.5. The number of nitrogens with zero attached hydrogens (tertiary/aromatic N) is 3. The van der Waals surface area contributed by atoms with Gasteiger partial charge in [0.1, 0.15) is 0 Å². The van der Waals surface area contributed by atoms with Gasteiger partial charge >= 0.3 is 0 Å². The van der Waals surface area contributed by atoms with E-state index in [2.05, 4.69) is 27.6 Å². The molecule has 0 aliphatic carbocycles. The predicted molar refractivity (Wildman–Crippen MR) is 106 cm³/mol. The molecule has 7 nitrogen and oxygen atoms in total. The Kier molecular flexibility index (Phi) is 6.18. The third-order valence-electron chi connectivity index (χ3n) is 4.16. The van der Waals surface area contributed by atoms with Crippen LogP contribution >= 0.6 is 11.8 Å². The number of carbonyl (C=O) groups excluding carboxylic acids is 1. The Morgan fingerprint density at radius 3 is 2.70 bits per heavy atom. The molecule has 0 saturated carbocycles. The SMILES string of the molecule is C[C@@H](CCc1ccccc1)NC(=O)[C@@H](C)Sc1nnc(-c2ccco2)n1N. The highest BCUT2D eigenvalue weighted by molar-refractivity contribution is 8.00. The van der Waals surface area contributed by atoms with E-state index in [4.69, 9.17) is 10.3 Å². The number of rotatable bonds is 8. The third-order valence-corrected chi connectivity index (χ3v) is 5.21. The highest BCUT2D eigenvalue weighted by Crippen LogP contribution is 2.25. The highest BCUT2D eigenvalue weighted by Gasteiger charge is 2.21. The van der Waals surface area contributed by atoms with E-state index < -0.39 is 0 Å². The van der Waals surface area contributed by atoms with Crippen LogP contribution in [0.2, 0.25) is 0 Å². The highest BCUT2D eigenvalue weighted by atomic mass is 32.2. The van der Waals surface area contributed by atoms with Gasteiger partial charge in [0, 0.05) is 6.04 Å². The van der Waals surface area contributed by atoms with E-state index in [0.29, 0.717) is 16.7 Å². The molecule has 0 aliphatic rings. The summed E-state index contributed by atoms with van der Waals surface area (Å²) in [6.45, 7) is 3.84. The average molecular weight is 385 g/mol.